The molecule has 3 fully saturated rings. The maximum atomic E-state index is 10.7. The Labute approximate surface area is 104 Å². The molecule has 0 bridgehead atoms. The van der Waals surface area contributed by atoms with Gasteiger partial charge >= 0.3 is 0 Å². The first-order valence-electron chi connectivity index (χ1n) is 7.25. The highest BCUT2D eigenvalue weighted by Gasteiger charge is 2.68. The quantitative estimate of drug-likeness (QED) is 0.736. The molecule has 0 aliphatic heterocycles. The van der Waals surface area contributed by atoms with E-state index in [1.165, 1.54) is 12.8 Å². The van der Waals surface area contributed by atoms with Crippen molar-refractivity contribution in [1.82, 2.24) is 0 Å². The Morgan fingerprint density at radius 3 is 2.47 bits per heavy atom. The standard InChI is InChI=1S/C15H26O2/c1-9-4-5-10-12(9)13-11(14(13,2)8-16)6-7-15(10,3)17/h9-13,16-17H,4-8H2,1-3H3/t9-,10-,11-,12-,13-,14-,15-/m1/s1. The minimum atomic E-state index is -0.459. The third kappa shape index (κ3) is 1.46. The van der Waals surface area contributed by atoms with E-state index in [0.717, 1.165) is 18.8 Å². The fourth-order valence-corrected chi connectivity index (χ4v) is 5.33. The third-order valence-corrected chi connectivity index (χ3v) is 6.50. The van der Waals surface area contributed by atoms with Gasteiger partial charge in [0.1, 0.15) is 0 Å². The molecule has 0 radical (unpaired) electrons. The molecule has 2 nitrogen and oxygen atoms in total. The molecule has 0 aromatic heterocycles. The molecular formula is C15H26O2. The maximum absolute atomic E-state index is 10.7. The van der Waals surface area contributed by atoms with Crippen LogP contribution in [0.5, 0.6) is 0 Å². The molecule has 0 aromatic rings. The summed E-state index contributed by atoms with van der Waals surface area (Å²) in [6.45, 7) is 6.98. The topological polar surface area (TPSA) is 40.5 Å². The Kier molecular flexibility index (Phi) is 2.45. The molecule has 17 heavy (non-hydrogen) atoms. The second-order valence-corrected chi connectivity index (χ2v) is 7.43. The van der Waals surface area contributed by atoms with Gasteiger partial charge in [-0.2, -0.15) is 0 Å². The summed E-state index contributed by atoms with van der Waals surface area (Å²) in [6, 6.07) is 0. The van der Waals surface area contributed by atoms with Gasteiger partial charge < -0.3 is 10.2 Å². The van der Waals surface area contributed by atoms with Crippen molar-refractivity contribution in [3.8, 4) is 0 Å². The molecule has 3 aliphatic rings. The lowest BCUT2D eigenvalue weighted by molar-refractivity contribution is -0.0327. The molecule has 3 aliphatic carbocycles. The molecule has 7 atom stereocenters. The Balaban J connectivity index is 1.93. The van der Waals surface area contributed by atoms with E-state index in [1.54, 1.807) is 0 Å². The van der Waals surface area contributed by atoms with Crippen molar-refractivity contribution in [1.29, 1.82) is 0 Å². The lowest BCUT2D eigenvalue weighted by Gasteiger charge is -2.35. The SMILES string of the molecule is C[C@@H]1CC[C@@H]2[C@@H]1[C@H]1[C@@H](CC[C@@]2(C)O)[C@@]1(C)CO. The molecular weight excluding hydrogens is 212 g/mol. The molecule has 0 amide bonds. The summed E-state index contributed by atoms with van der Waals surface area (Å²) in [4.78, 5) is 0. The Hall–Kier alpha value is -0.0800. The summed E-state index contributed by atoms with van der Waals surface area (Å²) in [5.74, 6) is 3.18. The number of hydrogen-bond donors (Lipinski definition) is 2. The van der Waals surface area contributed by atoms with E-state index in [2.05, 4.69) is 13.8 Å². The third-order valence-electron chi connectivity index (χ3n) is 6.50. The van der Waals surface area contributed by atoms with Crippen LogP contribution in [-0.4, -0.2) is 22.4 Å². The van der Waals surface area contributed by atoms with E-state index in [9.17, 15) is 10.2 Å². The van der Waals surface area contributed by atoms with Gasteiger partial charge in [-0.15, -0.1) is 0 Å². The average Bonchev–Trinajstić information content (AvgIpc) is 2.70. The number of aliphatic hydroxyl groups excluding tert-OH is 1. The summed E-state index contributed by atoms with van der Waals surface area (Å²) in [5, 5.41) is 20.3. The second kappa shape index (κ2) is 3.48. The Morgan fingerprint density at radius 1 is 1.12 bits per heavy atom. The van der Waals surface area contributed by atoms with Gasteiger partial charge in [-0.1, -0.05) is 20.3 Å². The van der Waals surface area contributed by atoms with E-state index in [-0.39, 0.29) is 5.41 Å². The normalized spacial score (nSPS) is 61.6. The van der Waals surface area contributed by atoms with Crippen molar-refractivity contribution < 1.29 is 10.2 Å². The zero-order valence-electron chi connectivity index (χ0n) is 11.3. The van der Waals surface area contributed by atoms with Gasteiger partial charge in [0.05, 0.1) is 5.60 Å². The monoisotopic (exact) mass is 238 g/mol. The fraction of sp³-hybridized carbons (Fsp3) is 1.00. The van der Waals surface area contributed by atoms with Crippen LogP contribution in [0.25, 0.3) is 0 Å². The Morgan fingerprint density at radius 2 is 1.82 bits per heavy atom. The minimum Gasteiger partial charge on any atom is -0.396 e. The lowest BCUT2D eigenvalue weighted by atomic mass is 9.74. The summed E-state index contributed by atoms with van der Waals surface area (Å²) in [7, 11) is 0. The molecule has 2 N–H and O–H groups in total. The molecule has 3 saturated carbocycles. The van der Waals surface area contributed by atoms with Crippen LogP contribution in [-0.2, 0) is 0 Å². The van der Waals surface area contributed by atoms with Gasteiger partial charge in [0.15, 0.2) is 0 Å². The van der Waals surface area contributed by atoms with Crippen LogP contribution < -0.4 is 0 Å². The van der Waals surface area contributed by atoms with Gasteiger partial charge in [0.2, 0.25) is 0 Å². The zero-order valence-corrected chi connectivity index (χ0v) is 11.3. The van der Waals surface area contributed by atoms with Gasteiger partial charge in [-0.25, -0.2) is 0 Å². The van der Waals surface area contributed by atoms with Crippen LogP contribution in [0.4, 0.5) is 0 Å². The predicted octanol–water partition coefficient (Wildman–Crippen LogP) is 2.44. The molecule has 98 valence electrons. The van der Waals surface area contributed by atoms with Crippen molar-refractivity contribution in [2.45, 2.75) is 52.1 Å². The van der Waals surface area contributed by atoms with Crippen molar-refractivity contribution in [2.24, 2.45) is 35.0 Å². The minimum absolute atomic E-state index is 0.165. The largest absolute Gasteiger partial charge is 0.396 e. The summed E-state index contributed by atoms with van der Waals surface area (Å²) < 4.78 is 0. The molecule has 0 aromatic carbocycles. The first kappa shape index (κ1) is 12.0. The van der Waals surface area contributed by atoms with Crippen LogP contribution >= 0.6 is 0 Å². The first-order chi connectivity index (χ1) is 7.92. The molecule has 3 rings (SSSR count). The van der Waals surface area contributed by atoms with E-state index in [4.69, 9.17) is 0 Å². The van der Waals surface area contributed by atoms with Crippen LogP contribution in [0, 0.1) is 35.0 Å². The molecule has 0 spiro atoms. The molecule has 0 heterocycles. The zero-order chi connectivity index (χ0) is 12.4. The van der Waals surface area contributed by atoms with E-state index >= 15 is 0 Å². The lowest BCUT2D eigenvalue weighted by Crippen LogP contribution is -2.38. The van der Waals surface area contributed by atoms with E-state index in [1.807, 2.05) is 6.92 Å². The highest BCUT2D eigenvalue weighted by atomic mass is 16.3. The van der Waals surface area contributed by atoms with Crippen molar-refractivity contribution >= 4 is 0 Å². The summed E-state index contributed by atoms with van der Waals surface area (Å²) in [6.07, 6.45) is 4.48. The average molecular weight is 238 g/mol. The number of aliphatic hydroxyl groups is 2. The fourth-order valence-electron chi connectivity index (χ4n) is 5.33. The summed E-state index contributed by atoms with van der Waals surface area (Å²) >= 11 is 0. The summed E-state index contributed by atoms with van der Waals surface area (Å²) in [5.41, 5.74) is -0.294. The Bertz CT molecular complexity index is 325. The van der Waals surface area contributed by atoms with Crippen LogP contribution in [0.15, 0.2) is 0 Å². The van der Waals surface area contributed by atoms with Crippen molar-refractivity contribution in [2.75, 3.05) is 6.61 Å². The van der Waals surface area contributed by atoms with Crippen LogP contribution in [0.1, 0.15) is 46.5 Å². The highest BCUT2D eigenvalue weighted by Crippen LogP contribution is 2.71. The first-order valence-corrected chi connectivity index (χ1v) is 7.25. The smallest absolute Gasteiger partial charge is 0.0650 e. The highest BCUT2D eigenvalue weighted by molar-refractivity contribution is 5.16. The number of hydrogen-bond acceptors (Lipinski definition) is 2. The number of fused-ring (bicyclic) bond motifs is 3. The van der Waals surface area contributed by atoms with Gasteiger partial charge in [-0.3, -0.25) is 0 Å². The van der Waals surface area contributed by atoms with Gasteiger partial charge in [-0.05, 0) is 61.2 Å². The van der Waals surface area contributed by atoms with Gasteiger partial charge in [0.25, 0.3) is 0 Å². The van der Waals surface area contributed by atoms with Gasteiger partial charge in [0, 0.05) is 6.61 Å². The van der Waals surface area contributed by atoms with E-state index < -0.39 is 5.60 Å². The molecule has 2 heteroatoms. The second-order valence-electron chi connectivity index (χ2n) is 7.43. The van der Waals surface area contributed by atoms with Crippen LogP contribution in [0.3, 0.4) is 0 Å². The predicted molar refractivity (Wildman–Crippen MR) is 67.4 cm³/mol. The molecule has 0 unspecified atom stereocenters. The van der Waals surface area contributed by atoms with Crippen LogP contribution in [0.2, 0.25) is 0 Å². The van der Waals surface area contributed by atoms with Crippen molar-refractivity contribution in [3.63, 3.8) is 0 Å². The van der Waals surface area contributed by atoms with E-state index in [0.29, 0.717) is 30.3 Å². The van der Waals surface area contributed by atoms with Crippen molar-refractivity contribution in [3.05, 3.63) is 0 Å². The maximum Gasteiger partial charge on any atom is 0.0650 e. The molecule has 0 saturated heterocycles. The number of rotatable bonds is 1.